The number of nitrogens with zero attached hydrogens (tertiary/aromatic N) is 1. The average Bonchev–Trinajstić information content (AvgIpc) is 2.04. The van der Waals surface area contributed by atoms with E-state index in [1.54, 1.807) is 6.92 Å². The Morgan fingerprint density at radius 2 is 2.15 bits per heavy atom. The van der Waals surface area contributed by atoms with E-state index < -0.39 is 18.0 Å². The van der Waals surface area contributed by atoms with Crippen LogP contribution in [0.3, 0.4) is 0 Å². The van der Waals surface area contributed by atoms with Crippen molar-refractivity contribution >= 4 is 12.0 Å². The predicted octanol–water partition coefficient (Wildman–Crippen LogP) is -0.547. The summed E-state index contributed by atoms with van der Waals surface area (Å²) < 4.78 is 4.67. The first kappa shape index (κ1) is 11.7. The summed E-state index contributed by atoms with van der Waals surface area (Å²) in [5.74, 6) is 4.65. The summed E-state index contributed by atoms with van der Waals surface area (Å²) >= 11 is 0. The van der Waals surface area contributed by atoms with Crippen LogP contribution in [0.25, 0.3) is 0 Å². The van der Waals surface area contributed by atoms with E-state index in [1.165, 1.54) is 14.0 Å². The number of carbonyl (C=O) groups is 2. The number of urea groups is 1. The Morgan fingerprint density at radius 1 is 1.62 bits per heavy atom. The lowest BCUT2D eigenvalue weighted by Crippen LogP contribution is -2.48. The molecule has 1 atom stereocenters. The summed E-state index contributed by atoms with van der Waals surface area (Å²) in [5, 5.41) is 3.21. The Kier molecular flexibility index (Phi) is 4.83. The van der Waals surface area contributed by atoms with Gasteiger partial charge in [-0.25, -0.2) is 15.4 Å². The molecule has 0 aromatic heterocycles. The Balaban J connectivity index is 3.92. The maximum atomic E-state index is 11.0. The summed E-state index contributed by atoms with van der Waals surface area (Å²) in [4.78, 5) is 21.9. The van der Waals surface area contributed by atoms with Crippen LogP contribution in [0.2, 0.25) is 0 Å². The van der Waals surface area contributed by atoms with Gasteiger partial charge in [-0.1, -0.05) is 0 Å². The molecule has 0 rings (SSSR count). The molecule has 2 amide bonds. The molecule has 0 unspecified atom stereocenters. The number of nitrogens with one attached hydrogen (secondary N) is 1. The summed E-state index contributed by atoms with van der Waals surface area (Å²) in [5.41, 5.74) is 0. The number of esters is 1. The standard InChI is InChI=1S/C7H15N3O3/c1-4-13-6(11)5(2)9-7(12)10(3)8/h5H,4,8H2,1-3H3,(H,9,12)/t5-/m0/s1. The molecule has 0 aromatic rings. The molecular weight excluding hydrogens is 174 g/mol. The van der Waals surface area contributed by atoms with Crippen LogP contribution in [-0.2, 0) is 9.53 Å². The third-order valence-corrected chi connectivity index (χ3v) is 1.30. The SMILES string of the molecule is CCOC(=O)[C@H](C)NC(=O)N(C)N. The van der Waals surface area contributed by atoms with Gasteiger partial charge in [-0.3, -0.25) is 5.01 Å². The largest absolute Gasteiger partial charge is 0.464 e. The lowest BCUT2D eigenvalue weighted by Gasteiger charge is -2.15. The zero-order valence-corrected chi connectivity index (χ0v) is 8.03. The summed E-state index contributed by atoms with van der Waals surface area (Å²) in [7, 11) is 1.38. The summed E-state index contributed by atoms with van der Waals surface area (Å²) in [6, 6.07) is -1.21. The van der Waals surface area contributed by atoms with Crippen LogP contribution in [0, 0.1) is 0 Å². The van der Waals surface area contributed by atoms with Crippen LogP contribution in [0.4, 0.5) is 4.79 Å². The zero-order valence-electron chi connectivity index (χ0n) is 8.03. The van der Waals surface area contributed by atoms with E-state index in [1.807, 2.05) is 0 Å². The van der Waals surface area contributed by atoms with E-state index in [4.69, 9.17) is 5.84 Å². The number of nitrogens with two attached hydrogens (primary N) is 1. The Bertz CT molecular complexity index is 193. The van der Waals surface area contributed by atoms with Crippen molar-refractivity contribution in [2.75, 3.05) is 13.7 Å². The topological polar surface area (TPSA) is 84.7 Å². The van der Waals surface area contributed by atoms with Gasteiger partial charge in [0.15, 0.2) is 0 Å². The first-order chi connectivity index (χ1) is 5.99. The lowest BCUT2D eigenvalue weighted by molar-refractivity contribution is -0.144. The molecule has 0 radical (unpaired) electrons. The van der Waals surface area contributed by atoms with Crippen LogP contribution < -0.4 is 11.2 Å². The molecule has 0 saturated heterocycles. The minimum Gasteiger partial charge on any atom is -0.464 e. The molecule has 76 valence electrons. The smallest absolute Gasteiger partial charge is 0.331 e. The lowest BCUT2D eigenvalue weighted by atomic mass is 10.3. The van der Waals surface area contributed by atoms with Gasteiger partial charge in [0.1, 0.15) is 6.04 Å². The first-order valence-electron chi connectivity index (χ1n) is 3.94. The second-order valence-corrected chi connectivity index (χ2v) is 2.53. The molecule has 0 fully saturated rings. The Labute approximate surface area is 77.0 Å². The maximum absolute atomic E-state index is 11.0. The molecule has 0 aliphatic carbocycles. The number of rotatable bonds is 3. The highest BCUT2D eigenvalue weighted by molar-refractivity contribution is 5.82. The number of hydrogen-bond donors (Lipinski definition) is 2. The number of hydrazine groups is 1. The van der Waals surface area contributed by atoms with Crippen molar-refractivity contribution in [1.29, 1.82) is 0 Å². The number of ether oxygens (including phenoxy) is 1. The van der Waals surface area contributed by atoms with Gasteiger partial charge < -0.3 is 10.1 Å². The zero-order chi connectivity index (χ0) is 10.4. The average molecular weight is 189 g/mol. The summed E-state index contributed by atoms with van der Waals surface area (Å²) in [6.07, 6.45) is 0. The van der Waals surface area contributed by atoms with E-state index in [2.05, 4.69) is 10.1 Å². The maximum Gasteiger partial charge on any atom is 0.331 e. The van der Waals surface area contributed by atoms with Crippen molar-refractivity contribution < 1.29 is 14.3 Å². The van der Waals surface area contributed by atoms with E-state index in [-0.39, 0.29) is 6.61 Å². The molecule has 0 spiro atoms. The van der Waals surface area contributed by atoms with Crippen molar-refractivity contribution in [3.05, 3.63) is 0 Å². The van der Waals surface area contributed by atoms with E-state index >= 15 is 0 Å². The van der Waals surface area contributed by atoms with Crippen molar-refractivity contribution in [2.45, 2.75) is 19.9 Å². The third-order valence-electron chi connectivity index (χ3n) is 1.30. The molecule has 0 heterocycles. The second kappa shape index (κ2) is 5.36. The van der Waals surface area contributed by atoms with Crippen LogP contribution in [0.5, 0.6) is 0 Å². The predicted molar refractivity (Wildman–Crippen MR) is 46.6 cm³/mol. The molecule has 13 heavy (non-hydrogen) atoms. The monoisotopic (exact) mass is 189 g/mol. The highest BCUT2D eigenvalue weighted by atomic mass is 16.5. The number of hydrogen-bond acceptors (Lipinski definition) is 4. The van der Waals surface area contributed by atoms with Gasteiger partial charge in [0, 0.05) is 7.05 Å². The van der Waals surface area contributed by atoms with Crippen molar-refractivity contribution in [2.24, 2.45) is 5.84 Å². The minimum absolute atomic E-state index is 0.289. The third kappa shape index (κ3) is 4.32. The van der Waals surface area contributed by atoms with E-state index in [0.717, 1.165) is 5.01 Å². The van der Waals surface area contributed by atoms with Crippen molar-refractivity contribution in [3.63, 3.8) is 0 Å². The molecule has 0 bridgehead atoms. The van der Waals surface area contributed by atoms with E-state index in [9.17, 15) is 9.59 Å². The fourth-order valence-electron chi connectivity index (χ4n) is 0.613. The van der Waals surface area contributed by atoms with Gasteiger partial charge in [0.05, 0.1) is 6.61 Å². The van der Waals surface area contributed by atoms with Gasteiger partial charge in [0.25, 0.3) is 0 Å². The van der Waals surface area contributed by atoms with Crippen LogP contribution in [0.15, 0.2) is 0 Å². The fraction of sp³-hybridized carbons (Fsp3) is 0.714. The molecule has 0 aliphatic rings. The van der Waals surface area contributed by atoms with Gasteiger partial charge in [0.2, 0.25) is 0 Å². The van der Waals surface area contributed by atoms with Gasteiger partial charge >= 0.3 is 12.0 Å². The Morgan fingerprint density at radius 3 is 2.54 bits per heavy atom. The van der Waals surface area contributed by atoms with Gasteiger partial charge in [-0.05, 0) is 13.8 Å². The van der Waals surface area contributed by atoms with Crippen LogP contribution >= 0.6 is 0 Å². The molecule has 6 heteroatoms. The molecule has 6 nitrogen and oxygen atoms in total. The normalized spacial score (nSPS) is 11.7. The van der Waals surface area contributed by atoms with Crippen molar-refractivity contribution in [3.8, 4) is 0 Å². The number of carbonyl (C=O) groups excluding carboxylic acids is 2. The molecular formula is C7H15N3O3. The Hall–Kier alpha value is -1.30. The summed E-state index contributed by atoms with van der Waals surface area (Å²) in [6.45, 7) is 3.51. The quantitative estimate of drug-likeness (QED) is 0.270. The minimum atomic E-state index is -0.682. The van der Waals surface area contributed by atoms with Gasteiger partial charge in [-0.15, -0.1) is 0 Å². The first-order valence-corrected chi connectivity index (χ1v) is 3.94. The van der Waals surface area contributed by atoms with Gasteiger partial charge in [-0.2, -0.15) is 0 Å². The molecule has 0 aromatic carbocycles. The fourth-order valence-corrected chi connectivity index (χ4v) is 0.613. The second-order valence-electron chi connectivity index (χ2n) is 2.53. The highest BCUT2D eigenvalue weighted by Crippen LogP contribution is 1.88. The van der Waals surface area contributed by atoms with E-state index in [0.29, 0.717) is 0 Å². The number of amides is 2. The molecule has 3 N–H and O–H groups in total. The van der Waals surface area contributed by atoms with Crippen molar-refractivity contribution in [1.82, 2.24) is 10.3 Å². The molecule has 0 aliphatic heterocycles. The van der Waals surface area contributed by atoms with Crippen LogP contribution in [-0.4, -0.2) is 36.7 Å². The molecule has 0 saturated carbocycles. The van der Waals surface area contributed by atoms with Crippen LogP contribution in [0.1, 0.15) is 13.8 Å². The highest BCUT2D eigenvalue weighted by Gasteiger charge is 2.17.